The van der Waals surface area contributed by atoms with Gasteiger partial charge in [0.25, 0.3) is 0 Å². The van der Waals surface area contributed by atoms with E-state index in [1.54, 1.807) is 24.3 Å². The maximum Gasteiger partial charge on any atom is 0.337 e. The van der Waals surface area contributed by atoms with Gasteiger partial charge >= 0.3 is 5.97 Å². The lowest BCUT2D eigenvalue weighted by Gasteiger charge is -2.10. The molecule has 2 aromatic carbocycles. The molecule has 0 aliphatic carbocycles. The second-order valence-corrected chi connectivity index (χ2v) is 5.28. The van der Waals surface area contributed by atoms with Crippen molar-refractivity contribution in [2.75, 3.05) is 7.11 Å². The zero-order valence-electron chi connectivity index (χ0n) is 10.7. The number of carbonyl (C=O) groups is 1. The van der Waals surface area contributed by atoms with Crippen LogP contribution in [-0.2, 0) is 11.3 Å². The van der Waals surface area contributed by atoms with Gasteiger partial charge in [0, 0.05) is 10.0 Å². The molecule has 0 bridgehead atoms. The Labute approximate surface area is 130 Å². The summed E-state index contributed by atoms with van der Waals surface area (Å²) in [6.07, 6.45) is 0. The minimum atomic E-state index is -0.371. The van der Waals surface area contributed by atoms with Gasteiger partial charge in [0.1, 0.15) is 12.4 Å². The van der Waals surface area contributed by atoms with Crippen molar-refractivity contribution in [1.29, 1.82) is 0 Å². The number of carbonyl (C=O) groups excluding carboxylic acids is 1. The third-order valence-corrected chi connectivity index (χ3v) is 3.74. The standard InChI is InChI=1S/C15H12BrClO3/c1-19-15(18)10-6-7-11(12(16)8-10)9-20-14-5-3-2-4-13(14)17/h2-8H,9H2,1H3. The number of halogens is 2. The molecule has 0 aliphatic heterocycles. The molecular formula is C15H12BrClO3. The highest BCUT2D eigenvalue weighted by atomic mass is 79.9. The molecule has 0 unspecified atom stereocenters. The van der Waals surface area contributed by atoms with Crippen molar-refractivity contribution >= 4 is 33.5 Å². The Morgan fingerprint density at radius 2 is 2.00 bits per heavy atom. The van der Waals surface area contributed by atoms with E-state index in [-0.39, 0.29) is 5.97 Å². The predicted octanol–water partition coefficient (Wildman–Crippen LogP) is 4.47. The van der Waals surface area contributed by atoms with E-state index in [4.69, 9.17) is 16.3 Å². The number of hydrogen-bond donors (Lipinski definition) is 0. The van der Waals surface area contributed by atoms with E-state index in [9.17, 15) is 4.79 Å². The maximum atomic E-state index is 11.4. The van der Waals surface area contributed by atoms with E-state index < -0.39 is 0 Å². The molecule has 0 N–H and O–H groups in total. The van der Waals surface area contributed by atoms with Gasteiger partial charge < -0.3 is 9.47 Å². The fourth-order valence-electron chi connectivity index (χ4n) is 1.63. The molecule has 0 aromatic heterocycles. The number of ether oxygens (including phenoxy) is 2. The average molecular weight is 356 g/mol. The van der Waals surface area contributed by atoms with Gasteiger partial charge in [-0.3, -0.25) is 0 Å². The van der Waals surface area contributed by atoms with Crippen LogP contribution >= 0.6 is 27.5 Å². The van der Waals surface area contributed by atoms with Crippen LogP contribution in [0.5, 0.6) is 5.75 Å². The molecule has 0 spiro atoms. The fraction of sp³-hybridized carbons (Fsp3) is 0.133. The predicted molar refractivity (Wildman–Crippen MR) is 81.3 cm³/mol. The lowest BCUT2D eigenvalue weighted by atomic mass is 10.1. The fourth-order valence-corrected chi connectivity index (χ4v) is 2.31. The molecule has 2 aromatic rings. The highest BCUT2D eigenvalue weighted by molar-refractivity contribution is 9.10. The molecule has 0 saturated heterocycles. The maximum absolute atomic E-state index is 11.4. The number of benzene rings is 2. The van der Waals surface area contributed by atoms with Gasteiger partial charge in [-0.2, -0.15) is 0 Å². The van der Waals surface area contributed by atoms with Gasteiger partial charge in [0.15, 0.2) is 0 Å². The highest BCUT2D eigenvalue weighted by Crippen LogP contribution is 2.26. The van der Waals surface area contributed by atoms with Crippen LogP contribution in [0.1, 0.15) is 15.9 Å². The van der Waals surface area contributed by atoms with E-state index in [1.165, 1.54) is 7.11 Å². The number of para-hydroxylation sites is 1. The molecule has 0 heterocycles. The normalized spacial score (nSPS) is 10.2. The molecule has 0 radical (unpaired) electrons. The van der Waals surface area contributed by atoms with Crippen molar-refractivity contribution in [2.24, 2.45) is 0 Å². The van der Waals surface area contributed by atoms with E-state index in [0.29, 0.717) is 22.9 Å². The summed E-state index contributed by atoms with van der Waals surface area (Å²) < 4.78 is 11.1. The summed E-state index contributed by atoms with van der Waals surface area (Å²) in [6, 6.07) is 12.5. The molecule has 3 nitrogen and oxygen atoms in total. The molecule has 0 saturated carbocycles. The van der Waals surface area contributed by atoms with Crippen molar-refractivity contribution < 1.29 is 14.3 Å². The van der Waals surface area contributed by atoms with Crippen molar-refractivity contribution in [3.8, 4) is 5.75 Å². The molecule has 20 heavy (non-hydrogen) atoms. The zero-order chi connectivity index (χ0) is 14.5. The lowest BCUT2D eigenvalue weighted by molar-refractivity contribution is 0.0600. The van der Waals surface area contributed by atoms with Gasteiger partial charge in [0.05, 0.1) is 17.7 Å². The van der Waals surface area contributed by atoms with Crippen LogP contribution in [0.15, 0.2) is 46.9 Å². The van der Waals surface area contributed by atoms with E-state index in [0.717, 1.165) is 10.0 Å². The summed E-state index contributed by atoms with van der Waals surface area (Å²) in [5.41, 5.74) is 1.40. The molecule has 5 heteroatoms. The van der Waals surface area contributed by atoms with Crippen LogP contribution in [0.25, 0.3) is 0 Å². The highest BCUT2D eigenvalue weighted by Gasteiger charge is 2.09. The van der Waals surface area contributed by atoms with Crippen LogP contribution in [0.4, 0.5) is 0 Å². The summed E-state index contributed by atoms with van der Waals surface area (Å²) in [5, 5.41) is 0.565. The van der Waals surface area contributed by atoms with Crippen molar-refractivity contribution in [1.82, 2.24) is 0 Å². The number of hydrogen-bond acceptors (Lipinski definition) is 3. The van der Waals surface area contributed by atoms with Gasteiger partial charge in [-0.05, 0) is 24.3 Å². The minimum Gasteiger partial charge on any atom is -0.487 e. The topological polar surface area (TPSA) is 35.5 Å². The summed E-state index contributed by atoms with van der Waals surface area (Å²) in [7, 11) is 1.35. The van der Waals surface area contributed by atoms with Crippen LogP contribution < -0.4 is 4.74 Å². The first-order valence-electron chi connectivity index (χ1n) is 5.86. The Bertz CT molecular complexity index is 628. The third kappa shape index (κ3) is 3.52. The molecule has 104 valence electrons. The molecule has 0 fully saturated rings. The van der Waals surface area contributed by atoms with Crippen LogP contribution in [0.3, 0.4) is 0 Å². The molecule has 0 aliphatic rings. The Kier molecular flexibility index (Phi) is 5.04. The third-order valence-electron chi connectivity index (χ3n) is 2.69. The molecule has 2 rings (SSSR count). The quantitative estimate of drug-likeness (QED) is 0.759. The molecular weight excluding hydrogens is 344 g/mol. The smallest absolute Gasteiger partial charge is 0.337 e. The van der Waals surface area contributed by atoms with Crippen molar-refractivity contribution in [3.05, 3.63) is 63.1 Å². The Hall–Kier alpha value is -1.52. The van der Waals surface area contributed by atoms with Gasteiger partial charge in [0.2, 0.25) is 0 Å². The number of methoxy groups -OCH3 is 1. The summed E-state index contributed by atoms with van der Waals surface area (Å²) in [5.74, 6) is 0.252. The van der Waals surface area contributed by atoms with Crippen LogP contribution in [0.2, 0.25) is 5.02 Å². The summed E-state index contributed by atoms with van der Waals surface area (Å²) >= 11 is 9.43. The van der Waals surface area contributed by atoms with E-state index in [1.807, 2.05) is 18.2 Å². The number of esters is 1. The first kappa shape index (κ1) is 14.9. The van der Waals surface area contributed by atoms with Crippen LogP contribution in [0, 0.1) is 0 Å². The van der Waals surface area contributed by atoms with Gasteiger partial charge in [-0.1, -0.05) is 45.7 Å². The Balaban J connectivity index is 2.11. The SMILES string of the molecule is COC(=O)c1ccc(COc2ccccc2Cl)c(Br)c1. The minimum absolute atomic E-state index is 0.353. The second-order valence-electron chi connectivity index (χ2n) is 4.02. The van der Waals surface area contributed by atoms with Crippen molar-refractivity contribution in [3.63, 3.8) is 0 Å². The van der Waals surface area contributed by atoms with E-state index >= 15 is 0 Å². The lowest BCUT2D eigenvalue weighted by Crippen LogP contribution is -2.03. The monoisotopic (exact) mass is 354 g/mol. The zero-order valence-corrected chi connectivity index (χ0v) is 13.1. The van der Waals surface area contributed by atoms with Crippen LogP contribution in [-0.4, -0.2) is 13.1 Å². The van der Waals surface area contributed by atoms with Gasteiger partial charge in [-0.25, -0.2) is 4.79 Å². The molecule has 0 amide bonds. The average Bonchev–Trinajstić information content (AvgIpc) is 2.46. The first-order chi connectivity index (χ1) is 9.61. The Morgan fingerprint density at radius 3 is 2.65 bits per heavy atom. The molecule has 0 atom stereocenters. The number of rotatable bonds is 4. The summed E-state index contributed by atoms with van der Waals surface area (Å²) in [4.78, 5) is 11.4. The van der Waals surface area contributed by atoms with E-state index in [2.05, 4.69) is 20.7 Å². The first-order valence-corrected chi connectivity index (χ1v) is 7.03. The second kappa shape index (κ2) is 6.77. The largest absolute Gasteiger partial charge is 0.487 e. The summed E-state index contributed by atoms with van der Waals surface area (Å²) in [6.45, 7) is 0.353. The van der Waals surface area contributed by atoms with Crippen molar-refractivity contribution in [2.45, 2.75) is 6.61 Å². The van der Waals surface area contributed by atoms with Gasteiger partial charge in [-0.15, -0.1) is 0 Å². The Morgan fingerprint density at radius 1 is 1.25 bits per heavy atom.